The molecule has 0 radical (unpaired) electrons. The van der Waals surface area contributed by atoms with Gasteiger partial charge in [0.1, 0.15) is 11.6 Å². The summed E-state index contributed by atoms with van der Waals surface area (Å²) >= 11 is 1.81. The molecule has 1 rings (SSSR count). The fraction of sp³-hybridized carbons (Fsp3) is 0.636. The fourth-order valence-corrected chi connectivity index (χ4v) is 1.73. The number of nitrogens with zero attached hydrogens (tertiary/aromatic N) is 2. The largest absolute Gasteiger partial charge is 0.308 e. The minimum absolute atomic E-state index is 0.0141. The smallest absolute Gasteiger partial charge is 0.143 e. The first-order valence-corrected chi connectivity index (χ1v) is 6.55. The van der Waals surface area contributed by atoms with Gasteiger partial charge in [0, 0.05) is 11.5 Å². The van der Waals surface area contributed by atoms with Crippen molar-refractivity contribution in [3.8, 4) is 0 Å². The molecule has 16 heavy (non-hydrogen) atoms. The minimum Gasteiger partial charge on any atom is -0.308 e. The zero-order valence-electron chi connectivity index (χ0n) is 10.4. The first kappa shape index (κ1) is 13.3. The highest BCUT2D eigenvalue weighted by Crippen LogP contribution is 2.23. The molecule has 0 amide bonds. The molecule has 4 nitrogen and oxygen atoms in total. The second-order valence-electron chi connectivity index (χ2n) is 4.59. The lowest BCUT2D eigenvalue weighted by Crippen LogP contribution is -2.18. The molecule has 0 saturated carbocycles. The van der Waals surface area contributed by atoms with E-state index < -0.39 is 0 Å². The summed E-state index contributed by atoms with van der Waals surface area (Å²) in [5.41, 5.74) is 3.63. The Labute approximate surface area is 101 Å². The Balaban J connectivity index is 3.01. The first-order valence-electron chi connectivity index (χ1n) is 5.40. The van der Waals surface area contributed by atoms with Gasteiger partial charge in [0.05, 0.1) is 11.4 Å². The highest BCUT2D eigenvalue weighted by Gasteiger charge is 2.17. The average molecular weight is 240 g/mol. The quantitative estimate of drug-likeness (QED) is 0.624. The van der Waals surface area contributed by atoms with E-state index in [4.69, 9.17) is 5.84 Å². The van der Waals surface area contributed by atoms with Gasteiger partial charge in [-0.3, -0.25) is 0 Å². The molecular formula is C11H20N4S. The maximum atomic E-state index is 5.41. The molecule has 3 N–H and O–H groups in total. The molecule has 0 saturated heterocycles. The van der Waals surface area contributed by atoms with Crippen molar-refractivity contribution in [1.82, 2.24) is 9.97 Å². The summed E-state index contributed by atoms with van der Waals surface area (Å²) < 4.78 is 0. The van der Waals surface area contributed by atoms with Gasteiger partial charge in [-0.2, -0.15) is 11.8 Å². The first-order chi connectivity index (χ1) is 7.47. The van der Waals surface area contributed by atoms with Crippen molar-refractivity contribution in [2.24, 2.45) is 5.84 Å². The fourth-order valence-electron chi connectivity index (χ4n) is 1.21. The van der Waals surface area contributed by atoms with E-state index in [1.54, 1.807) is 11.8 Å². The minimum atomic E-state index is 0.0141. The van der Waals surface area contributed by atoms with E-state index in [1.165, 1.54) is 0 Å². The summed E-state index contributed by atoms with van der Waals surface area (Å²) in [5.74, 6) is 8.83. The molecule has 0 aromatic carbocycles. The molecule has 1 heterocycles. The predicted octanol–water partition coefficient (Wildman–Crippen LogP) is 2.31. The molecule has 0 atom stereocenters. The van der Waals surface area contributed by atoms with Crippen LogP contribution in [-0.4, -0.2) is 15.7 Å². The van der Waals surface area contributed by atoms with E-state index >= 15 is 0 Å². The van der Waals surface area contributed by atoms with Crippen molar-refractivity contribution in [1.29, 1.82) is 0 Å². The highest BCUT2D eigenvalue weighted by molar-refractivity contribution is 7.98. The highest BCUT2D eigenvalue weighted by atomic mass is 32.2. The van der Waals surface area contributed by atoms with Crippen LogP contribution in [0.25, 0.3) is 0 Å². The summed E-state index contributed by atoms with van der Waals surface area (Å²) in [6.07, 6.45) is 0. The van der Waals surface area contributed by atoms with E-state index in [2.05, 4.69) is 43.1 Å². The molecule has 1 aromatic rings. The van der Waals surface area contributed by atoms with Crippen LogP contribution in [0, 0.1) is 0 Å². The number of thioether (sulfide) groups is 1. The lowest BCUT2D eigenvalue weighted by Gasteiger charge is -2.19. The average Bonchev–Trinajstić information content (AvgIpc) is 2.24. The Morgan fingerprint density at radius 3 is 2.56 bits per heavy atom. The van der Waals surface area contributed by atoms with Crippen LogP contribution in [0.15, 0.2) is 6.07 Å². The topological polar surface area (TPSA) is 63.8 Å². The SMILES string of the molecule is CCSCc1nc(NN)cc(C(C)(C)C)n1. The number of nitrogen functional groups attached to an aromatic ring is 1. The van der Waals surface area contributed by atoms with Crippen LogP contribution in [0.5, 0.6) is 0 Å². The van der Waals surface area contributed by atoms with Crippen LogP contribution in [0.3, 0.4) is 0 Å². The van der Waals surface area contributed by atoms with Crippen LogP contribution >= 0.6 is 11.8 Å². The van der Waals surface area contributed by atoms with Crippen molar-refractivity contribution < 1.29 is 0 Å². The summed E-state index contributed by atoms with van der Waals surface area (Å²) in [5, 5.41) is 0. The third-order valence-electron chi connectivity index (χ3n) is 2.12. The van der Waals surface area contributed by atoms with Crippen molar-refractivity contribution in [3.05, 3.63) is 17.6 Å². The van der Waals surface area contributed by atoms with Crippen LogP contribution < -0.4 is 11.3 Å². The lowest BCUT2D eigenvalue weighted by atomic mass is 9.92. The summed E-state index contributed by atoms with van der Waals surface area (Å²) in [6.45, 7) is 8.52. The van der Waals surface area contributed by atoms with Gasteiger partial charge in [-0.1, -0.05) is 27.7 Å². The van der Waals surface area contributed by atoms with Crippen molar-refractivity contribution in [2.75, 3.05) is 11.2 Å². The van der Waals surface area contributed by atoms with Gasteiger partial charge in [-0.15, -0.1) is 0 Å². The van der Waals surface area contributed by atoms with Crippen LogP contribution in [0.1, 0.15) is 39.2 Å². The predicted molar refractivity (Wildman–Crippen MR) is 70.4 cm³/mol. The molecule has 0 aliphatic rings. The Hall–Kier alpha value is -0.810. The van der Waals surface area contributed by atoms with E-state index in [0.717, 1.165) is 23.0 Å². The maximum Gasteiger partial charge on any atom is 0.143 e. The van der Waals surface area contributed by atoms with Crippen molar-refractivity contribution in [3.63, 3.8) is 0 Å². The van der Waals surface area contributed by atoms with E-state index in [9.17, 15) is 0 Å². The molecule has 0 spiro atoms. The van der Waals surface area contributed by atoms with Gasteiger partial charge in [0.15, 0.2) is 0 Å². The summed E-state index contributed by atoms with van der Waals surface area (Å²) in [4.78, 5) is 8.90. The standard InChI is InChI=1S/C11H20N4S/c1-5-16-7-10-13-8(11(2,3)4)6-9(14-10)15-12/h6H,5,7,12H2,1-4H3,(H,13,14,15). The Morgan fingerprint density at radius 2 is 2.06 bits per heavy atom. The number of anilines is 1. The normalized spacial score (nSPS) is 11.6. The van der Waals surface area contributed by atoms with Crippen molar-refractivity contribution >= 4 is 17.6 Å². The van der Waals surface area contributed by atoms with Gasteiger partial charge in [-0.05, 0) is 5.75 Å². The van der Waals surface area contributed by atoms with Crippen molar-refractivity contribution in [2.45, 2.75) is 38.9 Å². The Bertz CT molecular complexity index is 346. The number of hydrogen-bond donors (Lipinski definition) is 2. The number of aromatic nitrogens is 2. The number of nitrogens with two attached hydrogens (primary N) is 1. The third kappa shape index (κ3) is 3.64. The molecule has 0 bridgehead atoms. The molecular weight excluding hydrogens is 220 g/mol. The van der Waals surface area contributed by atoms with Crippen LogP contribution in [-0.2, 0) is 11.2 Å². The summed E-state index contributed by atoms with van der Waals surface area (Å²) in [7, 11) is 0. The number of rotatable bonds is 4. The van der Waals surface area contributed by atoms with Crippen LogP contribution in [0.4, 0.5) is 5.82 Å². The molecule has 0 unspecified atom stereocenters. The Kier molecular flexibility index (Phi) is 4.56. The second-order valence-corrected chi connectivity index (χ2v) is 5.86. The third-order valence-corrected chi connectivity index (χ3v) is 2.99. The zero-order valence-corrected chi connectivity index (χ0v) is 11.2. The molecule has 0 aliphatic carbocycles. The van der Waals surface area contributed by atoms with Gasteiger partial charge in [0.25, 0.3) is 0 Å². The zero-order chi connectivity index (χ0) is 12.2. The van der Waals surface area contributed by atoms with Gasteiger partial charge < -0.3 is 5.43 Å². The summed E-state index contributed by atoms with van der Waals surface area (Å²) in [6, 6.07) is 1.90. The van der Waals surface area contributed by atoms with Gasteiger partial charge >= 0.3 is 0 Å². The number of hydrazine groups is 1. The van der Waals surface area contributed by atoms with E-state index in [0.29, 0.717) is 5.82 Å². The molecule has 5 heteroatoms. The second kappa shape index (κ2) is 5.50. The monoisotopic (exact) mass is 240 g/mol. The van der Waals surface area contributed by atoms with E-state index in [-0.39, 0.29) is 5.41 Å². The molecule has 0 aliphatic heterocycles. The van der Waals surface area contributed by atoms with Gasteiger partial charge in [-0.25, -0.2) is 15.8 Å². The van der Waals surface area contributed by atoms with Crippen LogP contribution in [0.2, 0.25) is 0 Å². The number of nitrogens with one attached hydrogen (secondary N) is 1. The number of hydrogen-bond acceptors (Lipinski definition) is 5. The van der Waals surface area contributed by atoms with E-state index in [1.807, 2.05) is 6.07 Å². The van der Waals surface area contributed by atoms with Gasteiger partial charge in [0.2, 0.25) is 0 Å². The lowest BCUT2D eigenvalue weighted by molar-refractivity contribution is 0.564. The molecule has 90 valence electrons. The maximum absolute atomic E-state index is 5.41. The molecule has 0 fully saturated rings. The molecule has 1 aromatic heterocycles. The Morgan fingerprint density at radius 1 is 1.38 bits per heavy atom.